The van der Waals surface area contributed by atoms with E-state index < -0.39 is 5.92 Å². The summed E-state index contributed by atoms with van der Waals surface area (Å²) in [5.74, 6) is -0.682. The smallest absolute Gasteiger partial charge is 0.272 e. The highest BCUT2D eigenvalue weighted by Gasteiger charge is 2.20. The molecule has 2 N–H and O–H groups in total. The fourth-order valence-electron chi connectivity index (χ4n) is 3.22. The molecule has 0 spiro atoms. The minimum atomic E-state index is -0.515. The van der Waals surface area contributed by atoms with Gasteiger partial charge in [-0.15, -0.1) is 0 Å². The van der Waals surface area contributed by atoms with Crippen LogP contribution in [0, 0.1) is 0 Å². The third kappa shape index (κ3) is 3.29. The van der Waals surface area contributed by atoms with Gasteiger partial charge < -0.3 is 5.32 Å². The lowest BCUT2D eigenvalue weighted by Gasteiger charge is -2.15. The van der Waals surface area contributed by atoms with E-state index >= 15 is 0 Å². The van der Waals surface area contributed by atoms with Gasteiger partial charge in [0, 0.05) is 24.3 Å². The zero-order valence-corrected chi connectivity index (χ0v) is 15.3. The number of nitrogens with zero attached hydrogens (tertiary/aromatic N) is 3. The molecule has 1 atom stereocenters. The van der Waals surface area contributed by atoms with Crippen LogP contribution in [-0.4, -0.2) is 25.9 Å². The zero-order chi connectivity index (χ0) is 19.5. The van der Waals surface area contributed by atoms with Crippen molar-refractivity contribution in [2.24, 2.45) is 0 Å². The van der Waals surface area contributed by atoms with Crippen molar-refractivity contribution in [1.29, 1.82) is 0 Å². The second-order valence-electron chi connectivity index (χ2n) is 6.50. The summed E-state index contributed by atoms with van der Waals surface area (Å²) in [5, 5.41) is 15.0. The lowest BCUT2D eigenvalue weighted by Crippen LogP contribution is -2.29. The molecule has 4 rings (SSSR count). The average molecular weight is 373 g/mol. The van der Waals surface area contributed by atoms with Gasteiger partial charge in [-0.2, -0.15) is 10.2 Å². The predicted octanol–water partition coefficient (Wildman–Crippen LogP) is 2.53. The van der Waals surface area contributed by atoms with Crippen molar-refractivity contribution in [1.82, 2.24) is 25.3 Å². The van der Waals surface area contributed by atoms with Crippen LogP contribution in [0.2, 0.25) is 0 Å². The Labute approximate surface area is 161 Å². The Morgan fingerprint density at radius 2 is 1.86 bits per heavy atom. The second kappa shape index (κ2) is 7.48. The number of fused-ring (bicyclic) bond motifs is 1. The molecule has 0 aliphatic heterocycles. The van der Waals surface area contributed by atoms with Gasteiger partial charge in [0.1, 0.15) is 0 Å². The van der Waals surface area contributed by atoms with Crippen LogP contribution in [0.3, 0.4) is 0 Å². The Morgan fingerprint density at radius 3 is 2.64 bits per heavy atom. The number of H-pyrrole nitrogens is 1. The Hall–Kier alpha value is -3.74. The maximum Gasteiger partial charge on any atom is 0.272 e. The van der Waals surface area contributed by atoms with Crippen molar-refractivity contribution in [3.8, 4) is 5.69 Å². The first-order valence-corrected chi connectivity index (χ1v) is 8.98. The van der Waals surface area contributed by atoms with E-state index in [1.165, 1.54) is 0 Å². The molecular formula is C21H19N5O2. The van der Waals surface area contributed by atoms with Gasteiger partial charge in [-0.25, -0.2) is 9.78 Å². The molecule has 2 aromatic carbocycles. The third-order valence-corrected chi connectivity index (χ3v) is 4.72. The lowest BCUT2D eigenvalue weighted by atomic mass is 10.0. The highest BCUT2D eigenvalue weighted by atomic mass is 16.2. The van der Waals surface area contributed by atoms with Gasteiger partial charge in [0.2, 0.25) is 5.91 Å². The molecule has 0 aliphatic rings. The van der Waals surface area contributed by atoms with Crippen molar-refractivity contribution < 1.29 is 4.79 Å². The van der Waals surface area contributed by atoms with Gasteiger partial charge in [0.15, 0.2) is 0 Å². The highest BCUT2D eigenvalue weighted by Crippen LogP contribution is 2.21. The molecule has 28 heavy (non-hydrogen) atoms. The van der Waals surface area contributed by atoms with E-state index in [1.807, 2.05) is 48.7 Å². The van der Waals surface area contributed by atoms with Crippen LogP contribution in [-0.2, 0) is 11.3 Å². The van der Waals surface area contributed by atoms with Crippen LogP contribution in [0.1, 0.15) is 24.1 Å². The molecule has 0 saturated heterocycles. The van der Waals surface area contributed by atoms with Gasteiger partial charge in [-0.1, -0.05) is 36.4 Å². The number of rotatable bonds is 5. The molecule has 7 heteroatoms. The lowest BCUT2D eigenvalue weighted by molar-refractivity contribution is -0.122. The summed E-state index contributed by atoms with van der Waals surface area (Å²) >= 11 is 0. The number of hydrogen-bond acceptors (Lipinski definition) is 4. The van der Waals surface area contributed by atoms with E-state index in [-0.39, 0.29) is 11.5 Å². The maximum absolute atomic E-state index is 12.8. The summed E-state index contributed by atoms with van der Waals surface area (Å²) in [7, 11) is 0. The molecule has 4 aromatic rings. The topological polar surface area (TPSA) is 92.7 Å². The molecule has 0 fully saturated rings. The number of nitrogens with one attached hydrogen (secondary N) is 2. The largest absolute Gasteiger partial charge is 0.351 e. The Balaban J connectivity index is 1.56. The highest BCUT2D eigenvalue weighted by molar-refractivity contribution is 5.90. The SMILES string of the molecule is CC(C(=O)NCc1ccccc1-n1cccn1)c1n[nH]c(=O)c2ccccc12. The normalized spacial score (nSPS) is 12.0. The van der Waals surface area contributed by atoms with Crippen LogP contribution in [0.15, 0.2) is 71.8 Å². The van der Waals surface area contributed by atoms with Gasteiger partial charge in [-0.3, -0.25) is 9.59 Å². The molecule has 2 heterocycles. The van der Waals surface area contributed by atoms with Crippen molar-refractivity contribution in [2.75, 3.05) is 0 Å². The first kappa shape index (κ1) is 17.7. The fourth-order valence-corrected chi connectivity index (χ4v) is 3.22. The molecule has 140 valence electrons. The third-order valence-electron chi connectivity index (χ3n) is 4.72. The summed E-state index contributed by atoms with van der Waals surface area (Å²) in [6.45, 7) is 2.14. The fraction of sp³-hybridized carbons (Fsp3) is 0.143. The minimum absolute atomic E-state index is 0.167. The van der Waals surface area contributed by atoms with Gasteiger partial charge in [0.25, 0.3) is 5.56 Å². The average Bonchev–Trinajstić information content (AvgIpc) is 3.27. The number of benzene rings is 2. The number of carbonyl (C=O) groups excluding carboxylic acids is 1. The minimum Gasteiger partial charge on any atom is -0.351 e. The van der Waals surface area contributed by atoms with Gasteiger partial charge in [0.05, 0.1) is 22.7 Å². The van der Waals surface area contributed by atoms with Crippen molar-refractivity contribution in [3.63, 3.8) is 0 Å². The quantitative estimate of drug-likeness (QED) is 0.562. The van der Waals surface area contributed by atoms with Crippen LogP contribution in [0.4, 0.5) is 0 Å². The van der Waals surface area contributed by atoms with Crippen LogP contribution in [0.25, 0.3) is 16.5 Å². The van der Waals surface area contributed by atoms with E-state index in [2.05, 4.69) is 20.6 Å². The molecule has 1 amide bonds. The molecule has 2 aromatic heterocycles. The Kier molecular flexibility index (Phi) is 4.72. The van der Waals surface area contributed by atoms with E-state index in [9.17, 15) is 9.59 Å². The van der Waals surface area contributed by atoms with Gasteiger partial charge >= 0.3 is 0 Å². The monoisotopic (exact) mass is 373 g/mol. The molecule has 0 bridgehead atoms. The number of aromatic amines is 1. The molecule has 0 aliphatic carbocycles. The summed E-state index contributed by atoms with van der Waals surface area (Å²) < 4.78 is 1.77. The van der Waals surface area contributed by atoms with Crippen LogP contribution >= 0.6 is 0 Å². The summed E-state index contributed by atoms with van der Waals surface area (Å²) in [4.78, 5) is 24.7. The number of para-hydroxylation sites is 1. The summed E-state index contributed by atoms with van der Waals surface area (Å²) in [6, 6.07) is 16.8. The second-order valence-corrected chi connectivity index (χ2v) is 6.50. The standard InChI is InChI=1S/C21H19N5O2/c1-14(19-16-8-3-4-9-17(16)21(28)25-24-19)20(27)22-13-15-7-2-5-10-18(15)26-12-6-11-23-26/h2-12,14H,13H2,1H3,(H,22,27)(H,25,28). The molecule has 0 radical (unpaired) electrons. The van der Waals surface area contributed by atoms with Crippen LogP contribution in [0.5, 0.6) is 0 Å². The van der Waals surface area contributed by atoms with Gasteiger partial charge in [-0.05, 0) is 30.7 Å². The summed E-state index contributed by atoms with van der Waals surface area (Å²) in [6.07, 6.45) is 3.57. The van der Waals surface area contributed by atoms with Crippen molar-refractivity contribution in [3.05, 3.63) is 88.6 Å². The zero-order valence-electron chi connectivity index (χ0n) is 15.3. The van der Waals surface area contributed by atoms with E-state index in [0.29, 0.717) is 23.0 Å². The van der Waals surface area contributed by atoms with Crippen molar-refractivity contribution in [2.45, 2.75) is 19.4 Å². The maximum atomic E-state index is 12.8. The molecule has 0 saturated carbocycles. The molecular weight excluding hydrogens is 354 g/mol. The number of carbonyl (C=O) groups is 1. The summed E-state index contributed by atoms with van der Waals surface area (Å²) in [5.41, 5.74) is 2.15. The number of aromatic nitrogens is 4. The Bertz CT molecular complexity index is 1180. The predicted molar refractivity (Wildman–Crippen MR) is 106 cm³/mol. The number of hydrogen-bond donors (Lipinski definition) is 2. The first-order valence-electron chi connectivity index (χ1n) is 8.98. The first-order chi connectivity index (χ1) is 13.6. The van der Waals surface area contributed by atoms with E-state index in [4.69, 9.17) is 0 Å². The molecule has 1 unspecified atom stereocenters. The van der Waals surface area contributed by atoms with E-state index in [0.717, 1.165) is 11.3 Å². The Morgan fingerprint density at radius 1 is 1.11 bits per heavy atom. The number of amides is 1. The van der Waals surface area contributed by atoms with E-state index in [1.54, 1.807) is 29.9 Å². The van der Waals surface area contributed by atoms with Crippen molar-refractivity contribution >= 4 is 16.7 Å². The van der Waals surface area contributed by atoms with Crippen LogP contribution < -0.4 is 10.9 Å². The molecule has 7 nitrogen and oxygen atoms in total.